The molecule has 4 aromatic rings. The lowest BCUT2D eigenvalue weighted by Gasteiger charge is -2.18. The van der Waals surface area contributed by atoms with Crippen molar-refractivity contribution in [2.45, 2.75) is 31.9 Å². The largest absolute Gasteiger partial charge is 0.508 e. The third-order valence-corrected chi connectivity index (χ3v) is 5.85. The van der Waals surface area contributed by atoms with Gasteiger partial charge in [-0.3, -0.25) is 10.1 Å². The number of oxazole rings is 1. The highest BCUT2D eigenvalue weighted by Gasteiger charge is 2.33. The van der Waals surface area contributed by atoms with E-state index in [4.69, 9.17) is 9.15 Å². The number of halogens is 3. The summed E-state index contributed by atoms with van der Waals surface area (Å²) in [6.07, 6.45) is -3.77. The molecule has 2 N–H and O–H groups in total. The molecule has 6 nitrogen and oxygen atoms in total. The number of nitrogens with zero attached hydrogens (tertiary/aromatic N) is 1. The van der Waals surface area contributed by atoms with Gasteiger partial charge < -0.3 is 14.3 Å². The number of hydrogen-bond acceptors (Lipinski definition) is 5. The summed E-state index contributed by atoms with van der Waals surface area (Å²) in [4.78, 5) is 18.0. The molecule has 0 spiro atoms. The number of ether oxygens (including phenoxy) is 1. The molecule has 1 unspecified atom stereocenters. The first-order chi connectivity index (χ1) is 17.7. The number of aromatic hydroxyl groups is 1. The average Bonchev–Trinajstić information content (AvgIpc) is 3.31. The fraction of sp³-hybridized carbons (Fsp3) is 0.214. The Balaban J connectivity index is 1.73. The maximum atomic E-state index is 13.4. The van der Waals surface area contributed by atoms with Crippen LogP contribution in [0.4, 0.5) is 19.1 Å². The molecule has 0 aliphatic rings. The molecule has 0 fully saturated rings. The van der Waals surface area contributed by atoms with Gasteiger partial charge in [-0.2, -0.15) is 13.2 Å². The second-order valence-corrected chi connectivity index (χ2v) is 8.40. The van der Waals surface area contributed by atoms with E-state index >= 15 is 0 Å². The van der Waals surface area contributed by atoms with E-state index < -0.39 is 29.3 Å². The van der Waals surface area contributed by atoms with E-state index in [0.29, 0.717) is 41.5 Å². The molecular weight excluding hydrogens is 485 g/mol. The summed E-state index contributed by atoms with van der Waals surface area (Å²) in [5.41, 5.74) is 0.783. The molecule has 1 aromatic heterocycles. The Morgan fingerprint density at radius 2 is 1.78 bits per heavy atom. The SMILES string of the molecule is CCCC(C(=O)Nc1oc(-c2ccccc2)nc1-c1cccc(OC)c1)c1ccc(C(F)(F)F)cc1O. The van der Waals surface area contributed by atoms with Gasteiger partial charge in [0.15, 0.2) is 0 Å². The zero-order chi connectivity index (χ0) is 26.6. The number of carbonyl (C=O) groups is 1. The number of hydrogen-bond donors (Lipinski definition) is 2. The zero-order valence-electron chi connectivity index (χ0n) is 20.2. The number of rotatable bonds is 8. The van der Waals surface area contributed by atoms with Crippen LogP contribution in [0, 0.1) is 0 Å². The lowest BCUT2D eigenvalue weighted by Crippen LogP contribution is -2.21. The number of phenolic OH excluding ortho intramolecular Hbond substituents is 1. The van der Waals surface area contributed by atoms with E-state index in [2.05, 4.69) is 10.3 Å². The van der Waals surface area contributed by atoms with E-state index in [-0.39, 0.29) is 17.3 Å². The summed E-state index contributed by atoms with van der Waals surface area (Å²) in [5, 5.41) is 13.1. The van der Waals surface area contributed by atoms with E-state index in [1.165, 1.54) is 7.11 Å². The summed E-state index contributed by atoms with van der Waals surface area (Å²) in [5.74, 6) is -1.13. The van der Waals surface area contributed by atoms with Gasteiger partial charge in [-0.25, -0.2) is 4.98 Å². The minimum atomic E-state index is -4.61. The standard InChI is InChI=1S/C28H25F3N2O4/c1-3-8-22(21-14-13-19(16-23(21)34)28(29,30)31)25(35)33-27-24(18-11-7-12-20(15-18)36-2)32-26(37-27)17-9-5-4-6-10-17/h4-7,9-16,22,34H,3,8H2,1-2H3,(H,33,35). The average molecular weight is 511 g/mol. The number of phenols is 1. The van der Waals surface area contributed by atoms with Gasteiger partial charge in [0.2, 0.25) is 17.7 Å². The summed E-state index contributed by atoms with van der Waals surface area (Å²) in [7, 11) is 1.53. The van der Waals surface area contributed by atoms with E-state index in [9.17, 15) is 23.1 Å². The second kappa shape index (κ2) is 10.8. The van der Waals surface area contributed by atoms with Crippen molar-refractivity contribution >= 4 is 11.8 Å². The third-order valence-electron chi connectivity index (χ3n) is 5.85. The normalized spacial score (nSPS) is 12.2. The fourth-order valence-electron chi connectivity index (χ4n) is 4.01. The smallest absolute Gasteiger partial charge is 0.416 e. The predicted molar refractivity (Wildman–Crippen MR) is 133 cm³/mol. The monoisotopic (exact) mass is 510 g/mol. The molecule has 0 aliphatic carbocycles. The predicted octanol–water partition coefficient (Wildman–Crippen LogP) is 7.26. The van der Waals surface area contributed by atoms with Crippen LogP contribution in [0.1, 0.15) is 36.8 Å². The first-order valence-electron chi connectivity index (χ1n) is 11.6. The lowest BCUT2D eigenvalue weighted by atomic mass is 9.91. The van der Waals surface area contributed by atoms with Crippen LogP contribution in [-0.2, 0) is 11.0 Å². The molecular formula is C28H25F3N2O4. The Bertz CT molecular complexity index is 1380. The molecule has 0 radical (unpaired) electrons. The van der Waals surface area contributed by atoms with Crippen LogP contribution in [0.2, 0.25) is 0 Å². The number of anilines is 1. The van der Waals surface area contributed by atoms with E-state index in [1.807, 2.05) is 37.3 Å². The Morgan fingerprint density at radius 1 is 1.05 bits per heavy atom. The van der Waals surface area contributed by atoms with Crippen molar-refractivity contribution in [3.05, 3.63) is 83.9 Å². The highest BCUT2D eigenvalue weighted by molar-refractivity contribution is 5.98. The van der Waals surface area contributed by atoms with Gasteiger partial charge in [0.1, 0.15) is 17.2 Å². The molecule has 1 heterocycles. The first-order valence-corrected chi connectivity index (χ1v) is 11.6. The Hall–Kier alpha value is -4.27. The van der Waals surface area contributed by atoms with Crippen LogP contribution in [0.3, 0.4) is 0 Å². The fourth-order valence-corrected chi connectivity index (χ4v) is 4.01. The van der Waals surface area contributed by atoms with Crippen LogP contribution >= 0.6 is 0 Å². The molecule has 192 valence electrons. The third kappa shape index (κ3) is 5.77. The quantitative estimate of drug-likeness (QED) is 0.261. The molecule has 0 saturated carbocycles. The Kier molecular flexibility index (Phi) is 7.52. The van der Waals surface area contributed by atoms with Crippen molar-refractivity contribution in [2.24, 2.45) is 0 Å². The van der Waals surface area contributed by atoms with Gasteiger partial charge in [-0.05, 0) is 42.8 Å². The lowest BCUT2D eigenvalue weighted by molar-refractivity contribution is -0.137. The molecule has 0 aliphatic heterocycles. The number of alkyl halides is 3. The van der Waals surface area contributed by atoms with Gasteiger partial charge >= 0.3 is 6.18 Å². The van der Waals surface area contributed by atoms with Gasteiger partial charge in [-0.15, -0.1) is 0 Å². The minimum absolute atomic E-state index is 0.0737. The molecule has 1 atom stereocenters. The maximum absolute atomic E-state index is 13.4. The number of benzene rings is 3. The topological polar surface area (TPSA) is 84.6 Å². The summed E-state index contributed by atoms with van der Waals surface area (Å²) in [6.45, 7) is 1.84. The Labute approximate surface area is 211 Å². The highest BCUT2D eigenvalue weighted by Crippen LogP contribution is 2.38. The van der Waals surface area contributed by atoms with Crippen molar-refractivity contribution < 1.29 is 32.2 Å². The maximum Gasteiger partial charge on any atom is 0.416 e. The number of nitrogens with one attached hydrogen (secondary N) is 1. The van der Waals surface area contributed by atoms with Crippen molar-refractivity contribution in [1.29, 1.82) is 0 Å². The van der Waals surface area contributed by atoms with Gasteiger partial charge in [0.25, 0.3) is 0 Å². The highest BCUT2D eigenvalue weighted by atomic mass is 19.4. The molecule has 0 bridgehead atoms. The summed E-state index contributed by atoms with van der Waals surface area (Å²) in [6, 6.07) is 18.8. The second-order valence-electron chi connectivity index (χ2n) is 8.40. The molecule has 37 heavy (non-hydrogen) atoms. The number of carbonyl (C=O) groups excluding carboxylic acids is 1. The summed E-state index contributed by atoms with van der Waals surface area (Å²) < 4.78 is 50.5. The van der Waals surface area contributed by atoms with Crippen LogP contribution in [0.15, 0.2) is 77.2 Å². The molecule has 9 heteroatoms. The van der Waals surface area contributed by atoms with Gasteiger partial charge in [0.05, 0.1) is 18.6 Å². The van der Waals surface area contributed by atoms with Gasteiger partial charge in [-0.1, -0.05) is 49.7 Å². The molecule has 3 aromatic carbocycles. The number of amides is 1. The molecule has 4 rings (SSSR count). The number of methoxy groups -OCH3 is 1. The molecule has 0 saturated heterocycles. The van der Waals surface area contributed by atoms with E-state index in [0.717, 1.165) is 12.1 Å². The van der Waals surface area contributed by atoms with Crippen LogP contribution in [0.5, 0.6) is 11.5 Å². The zero-order valence-corrected chi connectivity index (χ0v) is 20.2. The van der Waals surface area contributed by atoms with E-state index in [1.54, 1.807) is 24.3 Å². The van der Waals surface area contributed by atoms with Gasteiger partial charge in [0, 0.05) is 16.7 Å². The van der Waals surface area contributed by atoms with Crippen LogP contribution in [0.25, 0.3) is 22.7 Å². The van der Waals surface area contributed by atoms with Crippen molar-refractivity contribution in [2.75, 3.05) is 12.4 Å². The minimum Gasteiger partial charge on any atom is -0.508 e. The Morgan fingerprint density at radius 3 is 2.43 bits per heavy atom. The van der Waals surface area contributed by atoms with Crippen molar-refractivity contribution in [1.82, 2.24) is 4.98 Å². The summed E-state index contributed by atoms with van der Waals surface area (Å²) >= 11 is 0. The van der Waals surface area contributed by atoms with Crippen molar-refractivity contribution in [3.8, 4) is 34.2 Å². The van der Waals surface area contributed by atoms with Crippen LogP contribution < -0.4 is 10.1 Å². The molecule has 1 amide bonds. The van der Waals surface area contributed by atoms with Crippen LogP contribution in [-0.4, -0.2) is 23.1 Å². The van der Waals surface area contributed by atoms with Crippen molar-refractivity contribution in [3.63, 3.8) is 0 Å². The number of aromatic nitrogens is 1. The first kappa shape index (κ1) is 25.8.